The van der Waals surface area contributed by atoms with E-state index in [4.69, 9.17) is 19.9 Å². The third-order valence-corrected chi connectivity index (χ3v) is 11.5. The summed E-state index contributed by atoms with van der Waals surface area (Å²) in [7, 11) is 0. The van der Waals surface area contributed by atoms with Crippen LogP contribution in [0.2, 0.25) is 0 Å². The van der Waals surface area contributed by atoms with Gasteiger partial charge in [-0.2, -0.15) is 0 Å². The Kier molecular flexibility index (Phi) is 9.49. The molecule has 0 N–H and O–H groups in total. The van der Waals surface area contributed by atoms with Crippen molar-refractivity contribution in [3.8, 4) is 89.5 Å². The molecule has 7 aromatic carbocycles. The molecule has 0 aliphatic carbocycles. The zero-order chi connectivity index (χ0) is 41.2. The van der Waals surface area contributed by atoms with E-state index in [2.05, 4.69) is 194 Å². The van der Waals surface area contributed by atoms with Gasteiger partial charge in [0.25, 0.3) is 0 Å². The summed E-state index contributed by atoms with van der Waals surface area (Å²) in [5.41, 5.74) is 17.6. The van der Waals surface area contributed by atoms with Crippen molar-refractivity contribution in [3.63, 3.8) is 0 Å². The maximum absolute atomic E-state index is 5.39. The van der Waals surface area contributed by atoms with Gasteiger partial charge in [-0.15, -0.1) is 0 Å². The van der Waals surface area contributed by atoms with E-state index in [-0.39, 0.29) is 0 Å². The van der Waals surface area contributed by atoms with Crippen molar-refractivity contribution in [3.05, 3.63) is 231 Å². The van der Waals surface area contributed by atoms with Gasteiger partial charge >= 0.3 is 0 Å². The number of pyridine rings is 4. The van der Waals surface area contributed by atoms with Crippen LogP contribution in [-0.4, -0.2) is 19.9 Å². The molecule has 0 spiro atoms. The molecule has 0 fully saturated rings. The Morgan fingerprint density at radius 3 is 0.694 bits per heavy atom. The van der Waals surface area contributed by atoms with Crippen molar-refractivity contribution in [2.24, 2.45) is 0 Å². The van der Waals surface area contributed by atoms with Gasteiger partial charge in [0.15, 0.2) is 11.3 Å². The van der Waals surface area contributed by atoms with E-state index in [1.165, 1.54) is 0 Å². The molecule has 0 radical (unpaired) electrons. The highest BCUT2D eigenvalue weighted by atomic mass is 14.9. The van der Waals surface area contributed by atoms with Crippen LogP contribution in [-0.2, 0) is 0 Å². The summed E-state index contributed by atoms with van der Waals surface area (Å²) >= 11 is 0. The van der Waals surface area contributed by atoms with Crippen LogP contribution in [0.5, 0.6) is 0 Å². The number of aromatic nitrogens is 4. The van der Waals surface area contributed by atoms with Gasteiger partial charge in [0.1, 0.15) is 0 Å². The number of hydrogen-bond acceptors (Lipinski definition) is 4. The molecule has 0 amide bonds. The van der Waals surface area contributed by atoms with E-state index in [9.17, 15) is 0 Å². The summed E-state index contributed by atoms with van der Waals surface area (Å²) in [6, 6.07) is 80.4. The Bertz CT molecular complexity index is 3130. The number of fused-ring (bicyclic) bond motifs is 2. The van der Waals surface area contributed by atoms with Gasteiger partial charge in [-0.1, -0.05) is 200 Å². The van der Waals surface area contributed by atoms with E-state index >= 15 is 0 Å². The monoisotopic (exact) mass is 790 g/mol. The normalized spacial score (nSPS) is 11.2. The van der Waals surface area contributed by atoms with Crippen LogP contribution in [0.3, 0.4) is 0 Å². The molecule has 4 heteroatoms. The van der Waals surface area contributed by atoms with Gasteiger partial charge in [-0.25, -0.2) is 19.9 Å². The highest BCUT2D eigenvalue weighted by molar-refractivity contribution is 5.98. The topological polar surface area (TPSA) is 51.6 Å². The smallest absolute Gasteiger partial charge is 0.160 e. The van der Waals surface area contributed by atoms with Gasteiger partial charge in [0, 0.05) is 55.3 Å². The fraction of sp³-hybridized carbons (Fsp3) is 0. The number of nitrogens with zero attached hydrogens (tertiary/aromatic N) is 4. The quantitative estimate of drug-likeness (QED) is 0.154. The van der Waals surface area contributed by atoms with Gasteiger partial charge in [0.05, 0.1) is 22.8 Å². The van der Waals surface area contributed by atoms with Crippen LogP contribution in [0.4, 0.5) is 0 Å². The molecule has 4 heterocycles. The Balaban J connectivity index is 1.13. The van der Waals surface area contributed by atoms with Crippen molar-refractivity contribution >= 4 is 22.1 Å². The Morgan fingerprint density at radius 1 is 0.194 bits per heavy atom. The van der Waals surface area contributed by atoms with Gasteiger partial charge in [-0.05, 0) is 52.6 Å². The van der Waals surface area contributed by atoms with Crippen LogP contribution >= 0.6 is 0 Å². The molecule has 0 bridgehead atoms. The van der Waals surface area contributed by atoms with E-state index in [1.807, 2.05) is 36.4 Å². The lowest BCUT2D eigenvalue weighted by atomic mass is 9.92. The second-order valence-electron chi connectivity index (χ2n) is 15.4. The minimum absolute atomic E-state index is 0.698. The number of rotatable bonds is 8. The lowest BCUT2D eigenvalue weighted by Gasteiger charge is -2.17. The van der Waals surface area contributed by atoms with Crippen molar-refractivity contribution in [2.45, 2.75) is 0 Å². The summed E-state index contributed by atoms with van der Waals surface area (Å²) in [5.74, 6) is 0. The van der Waals surface area contributed by atoms with Gasteiger partial charge < -0.3 is 0 Å². The first-order valence-electron chi connectivity index (χ1n) is 20.9. The molecule has 62 heavy (non-hydrogen) atoms. The van der Waals surface area contributed by atoms with E-state index in [0.717, 1.165) is 100 Å². The first kappa shape index (κ1) is 36.7. The third-order valence-electron chi connectivity index (χ3n) is 11.5. The molecule has 0 aliphatic rings. The fourth-order valence-electron chi connectivity index (χ4n) is 8.44. The third kappa shape index (κ3) is 7.00. The first-order valence-corrected chi connectivity index (χ1v) is 20.9. The summed E-state index contributed by atoms with van der Waals surface area (Å²) in [6.07, 6.45) is 0. The van der Waals surface area contributed by atoms with Crippen molar-refractivity contribution in [1.82, 2.24) is 19.9 Å². The second kappa shape index (κ2) is 16.0. The fourth-order valence-corrected chi connectivity index (χ4v) is 8.44. The molecule has 0 unspecified atom stereocenters. The lowest BCUT2D eigenvalue weighted by Crippen LogP contribution is -1.98. The first-order chi connectivity index (χ1) is 30.7. The number of benzene rings is 7. The molecule has 0 atom stereocenters. The molecule has 290 valence electrons. The van der Waals surface area contributed by atoms with Crippen LogP contribution in [0.25, 0.3) is 112 Å². The minimum atomic E-state index is 0.698. The molecule has 0 saturated carbocycles. The summed E-state index contributed by atoms with van der Waals surface area (Å²) in [6.45, 7) is 0. The van der Waals surface area contributed by atoms with Crippen LogP contribution in [0.15, 0.2) is 231 Å². The lowest BCUT2D eigenvalue weighted by molar-refractivity contribution is 1.28. The van der Waals surface area contributed by atoms with Crippen LogP contribution < -0.4 is 0 Å². The Morgan fingerprint density at radius 2 is 0.419 bits per heavy atom. The largest absolute Gasteiger partial charge is 0.227 e. The molecule has 11 rings (SSSR count). The highest BCUT2D eigenvalue weighted by Gasteiger charge is 2.20. The molecule has 0 saturated heterocycles. The summed E-state index contributed by atoms with van der Waals surface area (Å²) in [4.78, 5) is 21.4. The van der Waals surface area contributed by atoms with Crippen LogP contribution in [0, 0.1) is 0 Å². The van der Waals surface area contributed by atoms with Crippen molar-refractivity contribution in [2.75, 3.05) is 0 Å². The Hall–Kier alpha value is -8.34. The molecular weight excluding hydrogens is 753 g/mol. The molecule has 4 aromatic heterocycles. The number of hydrogen-bond donors (Lipinski definition) is 0. The van der Waals surface area contributed by atoms with E-state index < -0.39 is 0 Å². The predicted octanol–water partition coefficient (Wildman–Crippen LogP) is 14.9. The van der Waals surface area contributed by atoms with E-state index in [0.29, 0.717) is 11.3 Å². The van der Waals surface area contributed by atoms with Gasteiger partial charge in [-0.3, -0.25) is 0 Å². The molecular formula is C58H38N4. The molecule has 0 aliphatic heterocycles. The highest BCUT2D eigenvalue weighted by Crippen LogP contribution is 2.41. The minimum Gasteiger partial charge on any atom is -0.227 e. The zero-order valence-electron chi connectivity index (χ0n) is 33.7. The summed E-state index contributed by atoms with van der Waals surface area (Å²) < 4.78 is 0. The van der Waals surface area contributed by atoms with Crippen molar-refractivity contribution in [1.29, 1.82) is 0 Å². The summed E-state index contributed by atoms with van der Waals surface area (Å²) in [5, 5.41) is 1.93. The van der Waals surface area contributed by atoms with Crippen LogP contribution in [0.1, 0.15) is 0 Å². The molecule has 4 nitrogen and oxygen atoms in total. The SMILES string of the molecule is c1ccc(-c2cc3cc(-c4cccc(-c5cc6cc(-c7ccccc7)c(-c7ccccc7)nc6nc5-c5ccccc5)c4)c(-c4ccccc4)nc3nc2-c2ccccc2)cc1. The standard InChI is InChI=1S/C58H38N4/c1-7-20-39(21-8-1)49-35-47-37-51(55(43-28-15-5-16-29-43)61-57(47)59-53(49)41-24-11-3-12-25-41)45-32-19-33-46(34-45)52-38-48-36-50(40-22-9-2-10-23-40)54(42-26-13-4-14-27-42)60-58(48)62-56(52)44-30-17-6-18-31-44/h1-38H. The zero-order valence-corrected chi connectivity index (χ0v) is 33.7. The average molecular weight is 791 g/mol. The maximum Gasteiger partial charge on any atom is 0.160 e. The molecule has 11 aromatic rings. The van der Waals surface area contributed by atoms with Gasteiger partial charge in [0.2, 0.25) is 0 Å². The average Bonchev–Trinajstić information content (AvgIpc) is 3.36. The predicted molar refractivity (Wildman–Crippen MR) is 256 cm³/mol. The maximum atomic E-state index is 5.39. The second-order valence-corrected chi connectivity index (χ2v) is 15.4. The Labute approximate surface area is 360 Å². The van der Waals surface area contributed by atoms with Crippen molar-refractivity contribution < 1.29 is 0 Å². The van der Waals surface area contributed by atoms with E-state index in [1.54, 1.807) is 0 Å².